The van der Waals surface area contributed by atoms with Crippen LogP contribution in [0.25, 0.3) is 0 Å². The van der Waals surface area contributed by atoms with Crippen LogP contribution in [0.5, 0.6) is 0 Å². The Kier molecular flexibility index (Phi) is 5.09. The molecule has 0 fully saturated rings. The molecule has 1 aromatic carbocycles. The van der Waals surface area contributed by atoms with Crippen molar-refractivity contribution in [1.82, 2.24) is 0 Å². The summed E-state index contributed by atoms with van der Waals surface area (Å²) in [5, 5.41) is 0. The Morgan fingerprint density at radius 3 is 2.42 bits per heavy atom. The molecule has 0 saturated heterocycles. The topological polar surface area (TPSA) is 17.1 Å². The van der Waals surface area contributed by atoms with Crippen LogP contribution in [0, 0.1) is 11.7 Å². The highest BCUT2D eigenvalue weighted by atomic mass is 19.4. The summed E-state index contributed by atoms with van der Waals surface area (Å²) >= 11 is 0. The third kappa shape index (κ3) is 4.65. The van der Waals surface area contributed by atoms with Gasteiger partial charge in [-0.2, -0.15) is 13.2 Å². The Morgan fingerprint density at radius 1 is 1.26 bits per heavy atom. The minimum atomic E-state index is -4.78. The molecule has 0 amide bonds. The lowest BCUT2D eigenvalue weighted by Gasteiger charge is -2.10. The number of Topliss-reactive ketones (excluding diaryl/α,β-unsaturated/α-hetero) is 1. The second kappa shape index (κ2) is 6.17. The first kappa shape index (κ1) is 15.7. The van der Waals surface area contributed by atoms with Crippen molar-refractivity contribution in [2.45, 2.75) is 39.3 Å². The Bertz CT molecular complexity index is 449. The van der Waals surface area contributed by atoms with E-state index in [4.69, 9.17) is 0 Å². The van der Waals surface area contributed by atoms with Crippen molar-refractivity contribution in [2.24, 2.45) is 5.92 Å². The Labute approximate surface area is 109 Å². The van der Waals surface area contributed by atoms with E-state index in [1.807, 2.05) is 13.8 Å². The Balaban J connectivity index is 2.82. The van der Waals surface area contributed by atoms with Gasteiger partial charge in [0.1, 0.15) is 5.82 Å². The predicted octanol–water partition coefficient (Wildman–Crippen LogP) is 4.85. The van der Waals surface area contributed by atoms with E-state index in [2.05, 4.69) is 0 Å². The lowest BCUT2D eigenvalue weighted by Crippen LogP contribution is -2.10. The first-order valence-corrected chi connectivity index (χ1v) is 6.11. The average Bonchev–Trinajstić information content (AvgIpc) is 2.27. The summed E-state index contributed by atoms with van der Waals surface area (Å²) < 4.78 is 50.6. The number of benzene rings is 1. The number of hydrogen-bond donors (Lipinski definition) is 0. The maximum atomic E-state index is 13.1. The van der Waals surface area contributed by atoms with Crippen molar-refractivity contribution < 1.29 is 22.4 Å². The van der Waals surface area contributed by atoms with Crippen molar-refractivity contribution in [1.29, 1.82) is 0 Å². The molecule has 0 saturated carbocycles. The van der Waals surface area contributed by atoms with E-state index < -0.39 is 17.6 Å². The lowest BCUT2D eigenvalue weighted by atomic mass is 10.00. The quantitative estimate of drug-likeness (QED) is 0.554. The normalized spacial score (nSPS) is 11.9. The number of carbonyl (C=O) groups excluding carboxylic acids is 1. The predicted molar refractivity (Wildman–Crippen MR) is 64.4 cm³/mol. The van der Waals surface area contributed by atoms with Crippen LogP contribution < -0.4 is 0 Å². The highest BCUT2D eigenvalue weighted by molar-refractivity contribution is 5.96. The molecule has 0 spiro atoms. The summed E-state index contributed by atoms with van der Waals surface area (Å²) in [5.41, 5.74) is -1.47. The minimum Gasteiger partial charge on any atom is -0.294 e. The number of halogens is 4. The SMILES string of the molecule is CC(C)CCCC(=O)c1ccc(F)c(C(F)(F)F)c1. The summed E-state index contributed by atoms with van der Waals surface area (Å²) in [6.45, 7) is 4.01. The number of rotatable bonds is 5. The van der Waals surface area contributed by atoms with Crippen LogP contribution in [0.1, 0.15) is 49.0 Å². The van der Waals surface area contributed by atoms with Crippen LogP contribution in [-0.4, -0.2) is 5.78 Å². The molecule has 0 aliphatic carbocycles. The van der Waals surface area contributed by atoms with Crippen molar-refractivity contribution in [2.75, 3.05) is 0 Å². The van der Waals surface area contributed by atoms with Crippen LogP contribution in [0.15, 0.2) is 18.2 Å². The van der Waals surface area contributed by atoms with Gasteiger partial charge in [-0.15, -0.1) is 0 Å². The maximum Gasteiger partial charge on any atom is 0.419 e. The molecule has 106 valence electrons. The van der Waals surface area contributed by atoms with Gasteiger partial charge in [-0.3, -0.25) is 4.79 Å². The standard InChI is InChI=1S/C14H16F4O/c1-9(2)4-3-5-13(19)10-6-7-12(15)11(8-10)14(16,17)18/h6-9H,3-5H2,1-2H3. The highest BCUT2D eigenvalue weighted by Crippen LogP contribution is 2.32. The van der Waals surface area contributed by atoms with Gasteiger partial charge in [0.25, 0.3) is 0 Å². The van der Waals surface area contributed by atoms with E-state index in [1.54, 1.807) is 0 Å². The molecule has 0 bridgehead atoms. The molecule has 5 heteroatoms. The van der Waals surface area contributed by atoms with Crippen LogP contribution in [-0.2, 0) is 6.18 Å². The Hall–Kier alpha value is -1.39. The fourth-order valence-electron chi connectivity index (χ4n) is 1.73. The summed E-state index contributed by atoms with van der Waals surface area (Å²) in [7, 11) is 0. The summed E-state index contributed by atoms with van der Waals surface area (Å²) in [5.74, 6) is -1.30. The van der Waals surface area contributed by atoms with Crippen molar-refractivity contribution in [3.8, 4) is 0 Å². The fourth-order valence-corrected chi connectivity index (χ4v) is 1.73. The van der Waals surface area contributed by atoms with Crippen molar-refractivity contribution in [3.63, 3.8) is 0 Å². The maximum absolute atomic E-state index is 13.1. The summed E-state index contributed by atoms with van der Waals surface area (Å²) in [6, 6.07) is 2.38. The monoisotopic (exact) mass is 276 g/mol. The molecule has 1 aromatic rings. The fraction of sp³-hybridized carbons (Fsp3) is 0.500. The molecular weight excluding hydrogens is 260 g/mol. The number of ketones is 1. The van der Waals surface area contributed by atoms with E-state index in [0.717, 1.165) is 12.5 Å². The molecule has 0 aliphatic heterocycles. The second-order valence-electron chi connectivity index (χ2n) is 4.90. The summed E-state index contributed by atoms with van der Waals surface area (Å²) in [4.78, 5) is 11.7. The molecule has 19 heavy (non-hydrogen) atoms. The van der Waals surface area contributed by atoms with Gasteiger partial charge in [0, 0.05) is 12.0 Å². The third-order valence-corrected chi connectivity index (χ3v) is 2.78. The smallest absolute Gasteiger partial charge is 0.294 e. The van der Waals surface area contributed by atoms with Gasteiger partial charge in [0.2, 0.25) is 0 Å². The van der Waals surface area contributed by atoms with Gasteiger partial charge in [-0.25, -0.2) is 4.39 Å². The molecule has 0 heterocycles. The molecule has 1 rings (SSSR count). The zero-order valence-electron chi connectivity index (χ0n) is 10.9. The van der Waals surface area contributed by atoms with E-state index in [0.29, 0.717) is 24.5 Å². The number of carbonyl (C=O) groups is 1. The van der Waals surface area contributed by atoms with E-state index in [1.165, 1.54) is 0 Å². The lowest BCUT2D eigenvalue weighted by molar-refractivity contribution is -0.140. The number of alkyl halides is 3. The zero-order chi connectivity index (χ0) is 14.6. The van der Waals surface area contributed by atoms with Gasteiger partial charge >= 0.3 is 6.18 Å². The molecule has 0 aliphatic rings. The van der Waals surface area contributed by atoms with Gasteiger partial charge in [-0.1, -0.05) is 20.3 Å². The molecule has 0 radical (unpaired) electrons. The van der Waals surface area contributed by atoms with E-state index in [-0.39, 0.29) is 17.8 Å². The largest absolute Gasteiger partial charge is 0.419 e. The third-order valence-electron chi connectivity index (χ3n) is 2.78. The van der Waals surface area contributed by atoms with Crippen molar-refractivity contribution >= 4 is 5.78 Å². The Morgan fingerprint density at radius 2 is 1.89 bits per heavy atom. The highest BCUT2D eigenvalue weighted by Gasteiger charge is 2.34. The van der Waals surface area contributed by atoms with Gasteiger partial charge < -0.3 is 0 Å². The van der Waals surface area contributed by atoms with E-state index >= 15 is 0 Å². The van der Waals surface area contributed by atoms with Crippen LogP contribution in [0.2, 0.25) is 0 Å². The van der Waals surface area contributed by atoms with Gasteiger partial charge in [-0.05, 0) is 30.5 Å². The van der Waals surface area contributed by atoms with Crippen LogP contribution in [0.3, 0.4) is 0 Å². The van der Waals surface area contributed by atoms with E-state index in [9.17, 15) is 22.4 Å². The van der Waals surface area contributed by atoms with Gasteiger partial charge in [0.05, 0.1) is 5.56 Å². The first-order valence-electron chi connectivity index (χ1n) is 6.11. The number of hydrogen-bond acceptors (Lipinski definition) is 1. The molecular formula is C14H16F4O. The van der Waals surface area contributed by atoms with Crippen molar-refractivity contribution in [3.05, 3.63) is 35.1 Å². The molecule has 0 aromatic heterocycles. The van der Waals surface area contributed by atoms with Crippen LogP contribution in [0.4, 0.5) is 17.6 Å². The minimum absolute atomic E-state index is 0.0857. The van der Waals surface area contributed by atoms with Gasteiger partial charge in [0.15, 0.2) is 5.78 Å². The average molecular weight is 276 g/mol. The zero-order valence-corrected chi connectivity index (χ0v) is 10.9. The molecule has 0 N–H and O–H groups in total. The summed E-state index contributed by atoms with van der Waals surface area (Å²) in [6.07, 6.45) is -3.15. The van der Waals surface area contributed by atoms with Crippen LogP contribution >= 0.6 is 0 Å². The molecule has 0 atom stereocenters. The first-order chi connectivity index (χ1) is 8.71. The molecule has 1 nitrogen and oxygen atoms in total. The second-order valence-corrected chi connectivity index (χ2v) is 4.90. The molecule has 0 unspecified atom stereocenters.